The smallest absolute Gasteiger partial charge is 0.173 e. The highest BCUT2D eigenvalue weighted by Gasteiger charge is 2.50. The molecule has 0 bridgehead atoms. The van der Waals surface area contributed by atoms with Crippen LogP contribution in [-0.2, 0) is 5.41 Å². The van der Waals surface area contributed by atoms with Crippen molar-refractivity contribution >= 4 is 11.6 Å². The van der Waals surface area contributed by atoms with Crippen LogP contribution in [0.25, 0.3) is 0 Å². The molecule has 3 nitrogen and oxygen atoms in total. The van der Waals surface area contributed by atoms with Crippen LogP contribution >= 0.6 is 11.6 Å². The molecule has 1 aliphatic rings. The van der Waals surface area contributed by atoms with E-state index in [4.69, 9.17) is 21.6 Å². The van der Waals surface area contributed by atoms with Crippen LogP contribution in [0, 0.1) is 17.1 Å². The normalized spacial score (nSPS) is 16.6. The van der Waals surface area contributed by atoms with Crippen LogP contribution in [-0.4, -0.2) is 12.2 Å². The second kappa shape index (κ2) is 3.53. The molecule has 1 aliphatic carbocycles. The summed E-state index contributed by atoms with van der Waals surface area (Å²) >= 11 is 5.84. The van der Waals surface area contributed by atoms with Crippen molar-refractivity contribution < 1.29 is 14.2 Å². The highest BCUT2D eigenvalue weighted by atomic mass is 35.5. The van der Waals surface area contributed by atoms with Gasteiger partial charge in [0.15, 0.2) is 11.6 Å². The van der Waals surface area contributed by atoms with Crippen LogP contribution in [0.15, 0.2) is 6.07 Å². The van der Waals surface area contributed by atoms with Crippen molar-refractivity contribution in [3.05, 3.63) is 22.5 Å². The van der Waals surface area contributed by atoms with Crippen molar-refractivity contribution in [3.63, 3.8) is 0 Å². The molecule has 0 radical (unpaired) electrons. The van der Waals surface area contributed by atoms with Gasteiger partial charge in [0.2, 0.25) is 0 Å². The standard InChI is InChI=1S/C11H9ClFNO2/c1-16-10-6(12)4-7(15)9(13)8(10)11(5-14)2-3-11/h4,15H,2-3H2,1H3. The Morgan fingerprint density at radius 2 is 2.25 bits per heavy atom. The van der Waals surface area contributed by atoms with E-state index in [0.29, 0.717) is 12.8 Å². The number of nitrogens with zero attached hydrogens (tertiary/aromatic N) is 1. The van der Waals surface area contributed by atoms with Crippen LogP contribution < -0.4 is 4.74 Å². The number of methoxy groups -OCH3 is 1. The zero-order valence-corrected chi connectivity index (χ0v) is 9.31. The zero-order chi connectivity index (χ0) is 11.9. The van der Waals surface area contributed by atoms with Gasteiger partial charge in [0.05, 0.1) is 29.2 Å². The molecule has 0 amide bonds. The lowest BCUT2D eigenvalue weighted by atomic mass is 9.95. The van der Waals surface area contributed by atoms with Crippen LogP contribution in [0.5, 0.6) is 11.5 Å². The predicted molar refractivity (Wildman–Crippen MR) is 56.2 cm³/mol. The number of hydrogen-bond donors (Lipinski definition) is 1. The van der Waals surface area contributed by atoms with Crippen molar-refractivity contribution in [3.8, 4) is 17.6 Å². The number of benzene rings is 1. The molecule has 0 atom stereocenters. The molecule has 2 rings (SSSR count). The van der Waals surface area contributed by atoms with Crippen LogP contribution in [0.3, 0.4) is 0 Å². The number of rotatable bonds is 2. The van der Waals surface area contributed by atoms with Crippen molar-refractivity contribution in [2.45, 2.75) is 18.3 Å². The fourth-order valence-corrected chi connectivity index (χ4v) is 2.04. The Morgan fingerprint density at radius 1 is 1.62 bits per heavy atom. The van der Waals surface area contributed by atoms with Crippen molar-refractivity contribution in [2.75, 3.05) is 7.11 Å². The number of hydrogen-bond acceptors (Lipinski definition) is 3. The molecule has 0 aliphatic heterocycles. The maximum absolute atomic E-state index is 13.8. The van der Waals surface area contributed by atoms with Crippen molar-refractivity contribution in [2.24, 2.45) is 0 Å². The Hall–Kier alpha value is -1.47. The molecule has 5 heteroatoms. The van der Waals surface area contributed by atoms with Crippen LogP contribution in [0.1, 0.15) is 18.4 Å². The van der Waals surface area contributed by atoms with E-state index < -0.39 is 17.0 Å². The third-order valence-electron chi connectivity index (χ3n) is 2.80. The number of ether oxygens (including phenoxy) is 1. The topological polar surface area (TPSA) is 53.2 Å². The summed E-state index contributed by atoms with van der Waals surface area (Å²) in [5, 5.41) is 18.5. The van der Waals surface area contributed by atoms with Crippen molar-refractivity contribution in [1.29, 1.82) is 5.26 Å². The lowest BCUT2D eigenvalue weighted by molar-refractivity contribution is 0.387. The quantitative estimate of drug-likeness (QED) is 0.866. The molecule has 0 saturated heterocycles. The summed E-state index contributed by atoms with van der Waals surface area (Å²) in [7, 11) is 1.36. The summed E-state index contributed by atoms with van der Waals surface area (Å²) in [5.41, 5.74) is -0.819. The first-order chi connectivity index (χ1) is 7.55. The van der Waals surface area contributed by atoms with Gasteiger partial charge in [0.1, 0.15) is 5.75 Å². The Balaban J connectivity index is 2.72. The van der Waals surface area contributed by atoms with Gasteiger partial charge >= 0.3 is 0 Å². The fourth-order valence-electron chi connectivity index (χ4n) is 1.77. The Morgan fingerprint density at radius 3 is 2.69 bits per heavy atom. The fraction of sp³-hybridized carbons (Fsp3) is 0.364. The Bertz CT molecular complexity index is 492. The van der Waals surface area contributed by atoms with Gasteiger partial charge in [-0.15, -0.1) is 0 Å². The molecule has 1 aromatic carbocycles. The van der Waals surface area contributed by atoms with Gasteiger partial charge in [-0.2, -0.15) is 5.26 Å². The second-order valence-corrected chi connectivity index (χ2v) is 4.20. The van der Waals surface area contributed by atoms with E-state index in [1.54, 1.807) is 0 Å². The van der Waals surface area contributed by atoms with Gasteiger partial charge in [-0.25, -0.2) is 4.39 Å². The molecule has 16 heavy (non-hydrogen) atoms. The minimum Gasteiger partial charge on any atom is -0.505 e. The molecule has 0 heterocycles. The van der Waals surface area contributed by atoms with Gasteiger partial charge in [0.25, 0.3) is 0 Å². The van der Waals surface area contributed by atoms with E-state index in [9.17, 15) is 9.50 Å². The molecule has 1 aromatic rings. The molecule has 0 unspecified atom stereocenters. The molecule has 1 saturated carbocycles. The van der Waals surface area contributed by atoms with E-state index >= 15 is 0 Å². The molecule has 84 valence electrons. The van der Waals surface area contributed by atoms with Crippen LogP contribution in [0.4, 0.5) is 4.39 Å². The minimum atomic E-state index is -0.891. The number of phenolic OH excluding ortho intramolecular Hbond substituents is 1. The summed E-state index contributed by atoms with van der Waals surface area (Å²) < 4.78 is 18.8. The Labute approximate surface area is 97.0 Å². The first kappa shape index (κ1) is 11.0. The first-order valence-electron chi connectivity index (χ1n) is 4.72. The number of phenols is 1. The second-order valence-electron chi connectivity index (χ2n) is 3.79. The van der Waals surface area contributed by atoms with E-state index in [0.717, 1.165) is 6.07 Å². The maximum atomic E-state index is 13.8. The van der Waals surface area contributed by atoms with E-state index in [1.807, 2.05) is 6.07 Å². The average Bonchev–Trinajstić information content (AvgIpc) is 3.03. The molecule has 0 spiro atoms. The SMILES string of the molecule is COc1c(Cl)cc(O)c(F)c1C1(C#N)CC1. The molecular formula is C11H9ClFNO2. The monoisotopic (exact) mass is 241 g/mol. The van der Waals surface area contributed by atoms with Gasteiger partial charge in [0, 0.05) is 6.07 Å². The number of halogens is 2. The summed E-state index contributed by atoms with van der Waals surface area (Å²) in [6.45, 7) is 0. The summed E-state index contributed by atoms with van der Waals surface area (Å²) in [5.74, 6) is -1.24. The van der Waals surface area contributed by atoms with E-state index in [1.165, 1.54) is 7.11 Å². The predicted octanol–water partition coefficient (Wildman–Crippen LogP) is 2.75. The summed E-state index contributed by atoms with van der Waals surface area (Å²) in [6.07, 6.45) is 1.10. The third-order valence-corrected chi connectivity index (χ3v) is 3.08. The summed E-state index contributed by atoms with van der Waals surface area (Å²) in [6, 6.07) is 3.13. The third kappa shape index (κ3) is 1.40. The lowest BCUT2D eigenvalue weighted by Crippen LogP contribution is -2.09. The molecule has 1 N–H and O–H groups in total. The highest BCUT2D eigenvalue weighted by Crippen LogP contribution is 2.54. The largest absolute Gasteiger partial charge is 0.505 e. The molecular weight excluding hydrogens is 233 g/mol. The summed E-state index contributed by atoms with van der Waals surface area (Å²) in [4.78, 5) is 0. The van der Waals surface area contributed by atoms with Gasteiger partial charge in [-0.05, 0) is 12.8 Å². The van der Waals surface area contributed by atoms with Crippen molar-refractivity contribution in [1.82, 2.24) is 0 Å². The highest BCUT2D eigenvalue weighted by molar-refractivity contribution is 6.32. The zero-order valence-electron chi connectivity index (χ0n) is 8.55. The van der Waals surface area contributed by atoms with Gasteiger partial charge in [-0.1, -0.05) is 11.6 Å². The molecule has 1 fully saturated rings. The number of nitriles is 1. The number of aromatic hydroxyl groups is 1. The minimum absolute atomic E-state index is 0.0718. The lowest BCUT2D eigenvalue weighted by Gasteiger charge is -2.15. The first-order valence-corrected chi connectivity index (χ1v) is 5.10. The average molecular weight is 242 g/mol. The molecule has 0 aromatic heterocycles. The maximum Gasteiger partial charge on any atom is 0.173 e. The van der Waals surface area contributed by atoms with Crippen LogP contribution in [0.2, 0.25) is 5.02 Å². The van der Waals surface area contributed by atoms with E-state index in [2.05, 4.69) is 0 Å². The Kier molecular flexibility index (Phi) is 2.43. The van der Waals surface area contributed by atoms with Gasteiger partial charge in [-0.3, -0.25) is 0 Å². The van der Waals surface area contributed by atoms with Gasteiger partial charge < -0.3 is 9.84 Å². The van der Waals surface area contributed by atoms with E-state index in [-0.39, 0.29) is 16.3 Å².